The van der Waals surface area contributed by atoms with E-state index < -0.39 is 6.09 Å². The summed E-state index contributed by atoms with van der Waals surface area (Å²) in [6.45, 7) is 0. The lowest BCUT2D eigenvalue weighted by Gasteiger charge is -2.18. The quantitative estimate of drug-likeness (QED) is 0.655. The second-order valence-electron chi connectivity index (χ2n) is 2.84. The van der Waals surface area contributed by atoms with Crippen LogP contribution in [0.25, 0.3) is 0 Å². The molecule has 3 nitrogen and oxygen atoms in total. The monoisotopic (exact) mass is 171 g/mol. The Morgan fingerprint density at radius 3 is 2.91 bits per heavy atom. The summed E-state index contributed by atoms with van der Waals surface area (Å²) in [4.78, 5) is 12.0. The van der Waals surface area contributed by atoms with E-state index in [4.69, 9.17) is 5.11 Å². The summed E-state index contributed by atoms with van der Waals surface area (Å²) in [7, 11) is 0. The lowest BCUT2D eigenvalue weighted by molar-refractivity contribution is 0.158. The maximum Gasteiger partial charge on any atom is 0.412 e. The van der Waals surface area contributed by atoms with Crippen molar-refractivity contribution in [2.75, 3.05) is 0 Å². The molecule has 1 aliphatic carbocycles. The molecular formula is C7H9NO2S. The second-order valence-corrected chi connectivity index (χ2v) is 3.87. The zero-order valence-electron chi connectivity index (χ0n) is 5.93. The molecule has 2 aliphatic rings. The molecule has 60 valence electrons. The van der Waals surface area contributed by atoms with E-state index in [-0.39, 0.29) is 5.37 Å². The van der Waals surface area contributed by atoms with Gasteiger partial charge >= 0.3 is 6.09 Å². The van der Waals surface area contributed by atoms with Gasteiger partial charge in [-0.15, -0.1) is 11.8 Å². The lowest BCUT2D eigenvalue weighted by atomic mass is 10.4. The van der Waals surface area contributed by atoms with Gasteiger partial charge in [0.15, 0.2) is 0 Å². The van der Waals surface area contributed by atoms with Crippen LogP contribution in [0, 0.1) is 5.92 Å². The molecule has 0 aromatic rings. The zero-order chi connectivity index (χ0) is 7.84. The summed E-state index contributed by atoms with van der Waals surface area (Å²) in [5.41, 5.74) is 0. The third-order valence-corrected chi connectivity index (χ3v) is 3.13. The minimum absolute atomic E-state index is 0.174. The van der Waals surface area contributed by atoms with Gasteiger partial charge in [-0.2, -0.15) is 0 Å². The van der Waals surface area contributed by atoms with Crippen molar-refractivity contribution >= 4 is 17.9 Å². The van der Waals surface area contributed by atoms with Crippen molar-refractivity contribution in [2.24, 2.45) is 5.92 Å². The molecule has 0 saturated heterocycles. The molecule has 1 fully saturated rings. The highest BCUT2D eigenvalue weighted by Crippen LogP contribution is 2.43. The Bertz CT molecular complexity index is 212. The molecule has 0 aromatic heterocycles. The number of carboxylic acid groups (broad SMARTS) is 1. The maximum absolute atomic E-state index is 10.6. The minimum atomic E-state index is -0.830. The highest BCUT2D eigenvalue weighted by molar-refractivity contribution is 8.02. The normalized spacial score (nSPS) is 29.5. The largest absolute Gasteiger partial charge is 0.465 e. The minimum Gasteiger partial charge on any atom is -0.465 e. The second kappa shape index (κ2) is 2.44. The fourth-order valence-electron chi connectivity index (χ4n) is 1.22. The number of carbonyl (C=O) groups is 1. The van der Waals surface area contributed by atoms with E-state index in [0.717, 1.165) is 0 Å². The number of thioether (sulfide) groups is 1. The van der Waals surface area contributed by atoms with Crippen molar-refractivity contribution in [3.05, 3.63) is 11.6 Å². The van der Waals surface area contributed by atoms with Crippen LogP contribution in [-0.4, -0.2) is 21.5 Å². The van der Waals surface area contributed by atoms with Crippen molar-refractivity contribution in [2.45, 2.75) is 18.2 Å². The molecule has 0 bridgehead atoms. The van der Waals surface area contributed by atoms with Crippen LogP contribution >= 0.6 is 11.8 Å². The Hall–Kier alpha value is -0.640. The van der Waals surface area contributed by atoms with Gasteiger partial charge in [0.25, 0.3) is 0 Å². The summed E-state index contributed by atoms with van der Waals surface area (Å²) in [5, 5.41) is 10.8. The van der Waals surface area contributed by atoms with Gasteiger partial charge in [-0.25, -0.2) is 4.79 Å². The third-order valence-electron chi connectivity index (χ3n) is 1.96. The molecular weight excluding hydrogens is 162 g/mol. The molecule has 0 radical (unpaired) electrons. The van der Waals surface area contributed by atoms with Crippen molar-refractivity contribution in [1.82, 2.24) is 4.90 Å². The SMILES string of the molecule is O=C(O)N1C=CSC1C1CC1. The van der Waals surface area contributed by atoms with E-state index in [0.29, 0.717) is 5.92 Å². The third kappa shape index (κ3) is 1.22. The van der Waals surface area contributed by atoms with Gasteiger partial charge in [0.05, 0.1) is 5.37 Å². The van der Waals surface area contributed by atoms with E-state index in [1.165, 1.54) is 17.7 Å². The maximum atomic E-state index is 10.6. The Balaban J connectivity index is 2.05. The van der Waals surface area contributed by atoms with E-state index >= 15 is 0 Å². The Morgan fingerprint density at radius 1 is 1.64 bits per heavy atom. The lowest BCUT2D eigenvalue weighted by Crippen LogP contribution is -2.31. The zero-order valence-corrected chi connectivity index (χ0v) is 6.75. The number of amides is 1. The highest BCUT2D eigenvalue weighted by atomic mass is 32.2. The van der Waals surface area contributed by atoms with Gasteiger partial charge in [-0.1, -0.05) is 0 Å². The van der Waals surface area contributed by atoms with Crippen LogP contribution < -0.4 is 0 Å². The molecule has 2 rings (SSSR count). The molecule has 1 unspecified atom stereocenters. The van der Waals surface area contributed by atoms with Crippen LogP contribution in [0.15, 0.2) is 11.6 Å². The summed E-state index contributed by atoms with van der Waals surface area (Å²) in [6.07, 6.45) is 3.19. The molecule has 4 heteroatoms. The molecule has 1 atom stereocenters. The summed E-state index contributed by atoms with van der Waals surface area (Å²) >= 11 is 1.61. The first-order chi connectivity index (χ1) is 5.29. The molecule has 0 aromatic carbocycles. The van der Waals surface area contributed by atoms with Gasteiger partial charge in [0, 0.05) is 6.20 Å². The molecule has 0 spiro atoms. The first kappa shape index (κ1) is 7.03. The Labute approximate surface area is 69.1 Å². The van der Waals surface area contributed by atoms with Gasteiger partial charge < -0.3 is 5.11 Å². The molecule has 1 heterocycles. The van der Waals surface area contributed by atoms with E-state index in [2.05, 4.69) is 0 Å². The first-order valence-corrected chi connectivity index (χ1v) is 4.57. The number of hydrogen-bond acceptors (Lipinski definition) is 2. The van der Waals surface area contributed by atoms with Crippen molar-refractivity contribution in [3.63, 3.8) is 0 Å². The number of nitrogens with zero attached hydrogens (tertiary/aromatic N) is 1. The van der Waals surface area contributed by atoms with E-state index in [1.54, 1.807) is 18.0 Å². The van der Waals surface area contributed by atoms with Gasteiger partial charge in [0.1, 0.15) is 0 Å². The smallest absolute Gasteiger partial charge is 0.412 e. The Kier molecular flexibility index (Phi) is 1.56. The molecule has 1 aliphatic heterocycles. The molecule has 1 N–H and O–H groups in total. The van der Waals surface area contributed by atoms with Crippen LogP contribution in [0.2, 0.25) is 0 Å². The summed E-state index contributed by atoms with van der Waals surface area (Å²) in [6, 6.07) is 0. The predicted octanol–water partition coefficient (Wildman–Crippen LogP) is 1.92. The van der Waals surface area contributed by atoms with Gasteiger partial charge in [-0.3, -0.25) is 4.90 Å². The number of hydrogen-bond donors (Lipinski definition) is 1. The topological polar surface area (TPSA) is 40.5 Å². The van der Waals surface area contributed by atoms with E-state index in [9.17, 15) is 4.79 Å². The van der Waals surface area contributed by atoms with Gasteiger partial charge in [-0.05, 0) is 24.2 Å². The van der Waals surface area contributed by atoms with Crippen LogP contribution in [-0.2, 0) is 0 Å². The van der Waals surface area contributed by atoms with Crippen molar-refractivity contribution in [3.8, 4) is 0 Å². The van der Waals surface area contributed by atoms with Crippen LogP contribution in [0.4, 0.5) is 4.79 Å². The fraction of sp³-hybridized carbons (Fsp3) is 0.571. The molecule has 1 amide bonds. The van der Waals surface area contributed by atoms with Crippen LogP contribution in [0.5, 0.6) is 0 Å². The molecule has 1 saturated carbocycles. The first-order valence-electron chi connectivity index (χ1n) is 3.62. The molecule has 11 heavy (non-hydrogen) atoms. The van der Waals surface area contributed by atoms with Crippen LogP contribution in [0.1, 0.15) is 12.8 Å². The average Bonchev–Trinajstić information content (AvgIpc) is 2.68. The van der Waals surface area contributed by atoms with E-state index in [1.807, 2.05) is 5.41 Å². The summed E-state index contributed by atoms with van der Waals surface area (Å²) < 4.78 is 0. The van der Waals surface area contributed by atoms with Crippen molar-refractivity contribution < 1.29 is 9.90 Å². The Morgan fingerprint density at radius 2 is 2.36 bits per heavy atom. The fourth-order valence-corrected chi connectivity index (χ4v) is 2.37. The number of rotatable bonds is 1. The van der Waals surface area contributed by atoms with Crippen molar-refractivity contribution in [1.29, 1.82) is 0 Å². The van der Waals surface area contributed by atoms with Gasteiger partial charge in [0.2, 0.25) is 0 Å². The highest BCUT2D eigenvalue weighted by Gasteiger charge is 2.38. The standard InChI is InChI=1S/C7H9NO2S/c9-7(10)8-3-4-11-6(8)5-1-2-5/h3-6H,1-2H2,(H,9,10). The van der Waals surface area contributed by atoms with Crippen LogP contribution in [0.3, 0.4) is 0 Å². The average molecular weight is 171 g/mol. The predicted molar refractivity (Wildman–Crippen MR) is 43.1 cm³/mol. The summed E-state index contributed by atoms with van der Waals surface area (Å²) in [5.74, 6) is 0.603.